The Balaban J connectivity index is 0.000000353. The maximum atomic E-state index is 12.2. The topological polar surface area (TPSA) is 160 Å². The van der Waals surface area contributed by atoms with Gasteiger partial charge in [0.05, 0.1) is 0 Å². The van der Waals surface area contributed by atoms with Crippen molar-refractivity contribution < 1.29 is 52.8 Å². The lowest BCUT2D eigenvalue weighted by Gasteiger charge is -2.60. The minimum atomic E-state index is -1.54. The molecule has 4 aliphatic carbocycles. The third-order valence-electron chi connectivity index (χ3n) is 15.9. The summed E-state index contributed by atoms with van der Waals surface area (Å²) in [5.41, 5.74) is 0.974. The van der Waals surface area contributed by atoms with Gasteiger partial charge in [-0.2, -0.15) is 0 Å². The maximum absolute atomic E-state index is 12.2. The molecular weight excluding hydrogens is 813 g/mol. The largest absolute Gasteiger partial charge is 0.508 e. The average molecular weight is 905 g/mol. The number of Topliss-reactive ketones (excluding diaryl/α,β-unsaturated/α-hetero) is 2. The fraction of sp³-hybridized carbons (Fsp3) is 0.887. The van der Waals surface area contributed by atoms with Crippen LogP contribution in [0.1, 0.15) is 229 Å². The Morgan fingerprint density at radius 3 is 1.86 bits per heavy atom. The van der Waals surface area contributed by atoms with Gasteiger partial charge in [-0.1, -0.05) is 120 Å². The monoisotopic (exact) mass is 905 g/mol. The first-order valence-corrected chi connectivity index (χ1v) is 25.9. The molecule has 0 aromatic rings. The van der Waals surface area contributed by atoms with Gasteiger partial charge in [-0.3, -0.25) is 24.0 Å². The number of esters is 3. The summed E-state index contributed by atoms with van der Waals surface area (Å²) in [4.78, 5) is 69.0. The maximum Gasteiger partial charge on any atom is 0.508 e. The zero-order valence-corrected chi connectivity index (χ0v) is 41.9. The van der Waals surface area contributed by atoms with Gasteiger partial charge in [0.25, 0.3) is 0 Å². The molecule has 10 atom stereocenters. The Morgan fingerprint density at radius 1 is 0.625 bits per heavy atom. The fourth-order valence-electron chi connectivity index (χ4n) is 11.8. The van der Waals surface area contributed by atoms with Crippen molar-refractivity contribution in [1.82, 2.24) is 0 Å². The summed E-state index contributed by atoms with van der Waals surface area (Å²) in [7, 11) is 0. The highest BCUT2D eigenvalue weighted by molar-refractivity contribution is 5.80. The van der Waals surface area contributed by atoms with Crippen LogP contribution in [0.15, 0.2) is 0 Å². The Hall–Kier alpha value is -2.98. The number of hydrogen-bond acceptors (Lipinski definition) is 10. The number of ketones is 2. The van der Waals surface area contributed by atoms with E-state index >= 15 is 0 Å². The molecule has 10 unspecified atom stereocenters. The molecule has 0 aliphatic heterocycles. The summed E-state index contributed by atoms with van der Waals surface area (Å²) in [5.74, 6) is 3.51. The van der Waals surface area contributed by atoms with Crippen molar-refractivity contribution in [3.05, 3.63) is 0 Å². The van der Waals surface area contributed by atoms with Crippen LogP contribution in [0, 0.1) is 52.3 Å². The Morgan fingerprint density at radius 2 is 1.25 bits per heavy atom. The second-order valence-corrected chi connectivity index (χ2v) is 20.6. The lowest BCUT2D eigenvalue weighted by molar-refractivity contribution is -0.161. The van der Waals surface area contributed by atoms with Crippen LogP contribution < -0.4 is 0 Å². The molecule has 11 nitrogen and oxygen atoms in total. The van der Waals surface area contributed by atoms with Crippen LogP contribution in [0.25, 0.3) is 0 Å². The average Bonchev–Trinajstić information content (AvgIpc) is 3.62. The molecule has 0 spiro atoms. The van der Waals surface area contributed by atoms with Crippen molar-refractivity contribution in [2.24, 2.45) is 52.3 Å². The number of hydrogen-bond donors (Lipinski definition) is 1. The van der Waals surface area contributed by atoms with E-state index in [9.17, 15) is 28.8 Å². The van der Waals surface area contributed by atoms with Crippen molar-refractivity contribution in [2.75, 3.05) is 13.4 Å². The molecule has 0 heterocycles. The highest BCUT2D eigenvalue weighted by Gasteiger charge is 2.60. The zero-order chi connectivity index (χ0) is 47.7. The summed E-state index contributed by atoms with van der Waals surface area (Å²) in [6.07, 6.45) is 26.0. The van der Waals surface area contributed by atoms with E-state index in [4.69, 9.17) is 14.6 Å². The number of carbonyl (C=O) groups is 6. The summed E-state index contributed by atoms with van der Waals surface area (Å²) in [5, 5.41) is 8.28. The molecule has 0 aromatic heterocycles. The van der Waals surface area contributed by atoms with E-state index in [1.54, 1.807) is 6.92 Å². The highest BCUT2D eigenvalue weighted by Crippen LogP contribution is 2.67. The lowest BCUT2D eigenvalue weighted by atomic mass is 9.45. The van der Waals surface area contributed by atoms with Gasteiger partial charge in [-0.05, 0) is 124 Å². The summed E-state index contributed by atoms with van der Waals surface area (Å²) in [6, 6.07) is 0. The van der Waals surface area contributed by atoms with Gasteiger partial charge in [0.15, 0.2) is 0 Å². The highest BCUT2D eigenvalue weighted by atomic mass is 16.7. The van der Waals surface area contributed by atoms with E-state index in [2.05, 4.69) is 44.1 Å². The van der Waals surface area contributed by atoms with Crippen LogP contribution in [0.5, 0.6) is 0 Å². The number of carbonyl (C=O) groups excluding carboxylic acids is 5. The molecule has 0 aromatic carbocycles. The number of unbranched alkanes of at least 4 members (excludes halogenated alkanes) is 8. The van der Waals surface area contributed by atoms with Gasteiger partial charge in [0.2, 0.25) is 6.79 Å². The molecule has 370 valence electrons. The van der Waals surface area contributed by atoms with Crippen molar-refractivity contribution in [2.45, 2.75) is 235 Å². The van der Waals surface area contributed by atoms with Gasteiger partial charge in [-0.25, -0.2) is 4.79 Å². The Bertz CT molecular complexity index is 1410. The smallest absolute Gasteiger partial charge is 0.462 e. The third-order valence-corrected chi connectivity index (χ3v) is 15.9. The molecule has 4 fully saturated rings. The summed E-state index contributed by atoms with van der Waals surface area (Å²) < 4.78 is 19.1. The van der Waals surface area contributed by atoms with E-state index in [0.717, 1.165) is 75.0 Å². The van der Waals surface area contributed by atoms with Crippen molar-refractivity contribution in [3.8, 4) is 0 Å². The van der Waals surface area contributed by atoms with E-state index in [1.165, 1.54) is 89.9 Å². The molecule has 1 N–H and O–H groups in total. The van der Waals surface area contributed by atoms with Gasteiger partial charge >= 0.3 is 24.1 Å². The van der Waals surface area contributed by atoms with Gasteiger partial charge in [-0.15, -0.1) is 0 Å². The minimum absolute atomic E-state index is 0.0129. The third kappa shape index (κ3) is 19.1. The first-order valence-electron chi connectivity index (χ1n) is 25.9. The Labute approximate surface area is 388 Å². The SMILES string of the molecule is CC(=O)C1CCC2C3CCC4CCCCC4(C)C3CCC12C.CCCCCCCC(=O)C(C)CC.CCCCCCCC(=O)OCC(CC)OC(=O)CC(C)CC(=O)OCOC(=O)O. The molecule has 0 bridgehead atoms. The number of ether oxygens (including phenoxy) is 4. The summed E-state index contributed by atoms with van der Waals surface area (Å²) >= 11 is 0. The normalized spacial score (nSPS) is 26.9. The predicted molar refractivity (Wildman–Crippen MR) is 251 cm³/mol. The molecule has 0 saturated heterocycles. The van der Waals surface area contributed by atoms with E-state index in [0.29, 0.717) is 41.2 Å². The molecule has 0 amide bonds. The van der Waals surface area contributed by atoms with E-state index in [-0.39, 0.29) is 37.3 Å². The standard InChI is InChI=1S/C21H34O.C20H34O9.C12H24O/c1-14(22)17-9-10-18-16-8-7-15-6-4-5-12-20(15,2)19(16)11-13-21(17,18)3;1-4-6-7-8-9-10-17(21)26-13-16(5-2)29-19(23)12-15(3)11-18(22)27-14-28-20(24)25;1-4-6-7-8-9-10-12(13)11(3)5-2/h15-19H,4-13H2,1-3H3;15-16H,4-14H2,1-3H3,(H,24,25);11H,4-10H2,1-3H3. The molecule has 0 radical (unpaired) electrons. The van der Waals surface area contributed by atoms with Crippen LogP contribution in [-0.2, 0) is 42.9 Å². The van der Waals surface area contributed by atoms with Crippen LogP contribution in [0.3, 0.4) is 0 Å². The van der Waals surface area contributed by atoms with E-state index < -0.39 is 31.0 Å². The van der Waals surface area contributed by atoms with Crippen molar-refractivity contribution >= 4 is 35.6 Å². The fourth-order valence-corrected chi connectivity index (χ4v) is 11.8. The molecule has 4 aliphatic rings. The number of carboxylic acid groups (broad SMARTS) is 1. The quantitative estimate of drug-likeness (QED) is 0.0402. The molecular formula is C53H92O11. The van der Waals surface area contributed by atoms with E-state index in [1.807, 2.05) is 20.8 Å². The first-order chi connectivity index (χ1) is 30.5. The van der Waals surface area contributed by atoms with Crippen molar-refractivity contribution in [1.29, 1.82) is 0 Å². The zero-order valence-electron chi connectivity index (χ0n) is 41.9. The molecule has 11 heteroatoms. The first kappa shape index (κ1) is 57.1. The number of fused-ring (bicyclic) bond motifs is 5. The second kappa shape index (κ2) is 30.3. The summed E-state index contributed by atoms with van der Waals surface area (Å²) in [6.45, 7) is 18.2. The van der Waals surface area contributed by atoms with Gasteiger partial charge < -0.3 is 24.1 Å². The van der Waals surface area contributed by atoms with Crippen LogP contribution in [-0.4, -0.2) is 60.2 Å². The van der Waals surface area contributed by atoms with Crippen LogP contribution in [0.2, 0.25) is 0 Å². The van der Waals surface area contributed by atoms with Crippen LogP contribution in [0.4, 0.5) is 4.79 Å². The molecule has 64 heavy (non-hydrogen) atoms. The van der Waals surface area contributed by atoms with Crippen molar-refractivity contribution in [3.63, 3.8) is 0 Å². The minimum Gasteiger partial charge on any atom is -0.462 e. The Kier molecular flexibility index (Phi) is 27.1. The van der Waals surface area contributed by atoms with Crippen LogP contribution >= 0.6 is 0 Å². The second-order valence-electron chi connectivity index (χ2n) is 20.6. The number of rotatable bonds is 25. The molecule has 4 saturated carbocycles. The molecule has 4 rings (SSSR count). The lowest BCUT2D eigenvalue weighted by Crippen LogP contribution is -2.53. The van der Waals surface area contributed by atoms with Gasteiger partial charge in [0, 0.05) is 37.5 Å². The van der Waals surface area contributed by atoms with Gasteiger partial charge in [0.1, 0.15) is 24.3 Å². The predicted octanol–water partition coefficient (Wildman–Crippen LogP) is 13.4.